The van der Waals surface area contributed by atoms with Crippen LogP contribution in [0.5, 0.6) is 0 Å². The molecule has 1 fully saturated rings. The lowest BCUT2D eigenvalue weighted by Gasteiger charge is -2.29. The Balaban J connectivity index is 2.12. The number of anilines is 1. The fraction of sp³-hybridized carbons (Fsp3) is 0.538. The molecule has 1 heterocycles. The SMILES string of the molecule is CN(CCN1CCNCC1)c1c([N+](=O)[O-])ccc(F)c1F. The third-order valence-electron chi connectivity index (χ3n) is 3.59. The lowest BCUT2D eigenvalue weighted by Crippen LogP contribution is -2.46. The molecule has 8 heteroatoms. The number of likely N-dealkylation sites (N-methyl/N-ethyl adjacent to an activating group) is 1. The highest BCUT2D eigenvalue weighted by atomic mass is 19.2. The quantitative estimate of drug-likeness (QED) is 0.654. The molecular weight excluding hydrogens is 282 g/mol. The normalized spacial score (nSPS) is 16.0. The van der Waals surface area contributed by atoms with Crippen LogP contribution in [0.15, 0.2) is 12.1 Å². The number of nitrogens with zero attached hydrogens (tertiary/aromatic N) is 3. The fourth-order valence-electron chi connectivity index (χ4n) is 2.38. The van der Waals surface area contributed by atoms with Crippen LogP contribution < -0.4 is 10.2 Å². The summed E-state index contributed by atoms with van der Waals surface area (Å²) in [4.78, 5) is 13.8. The predicted octanol–water partition coefficient (Wildman–Crippen LogP) is 1.21. The number of hydrogen-bond acceptors (Lipinski definition) is 5. The summed E-state index contributed by atoms with van der Waals surface area (Å²) in [6, 6.07) is 1.77. The Bertz CT molecular complexity index is 521. The highest BCUT2D eigenvalue weighted by Crippen LogP contribution is 2.31. The number of nitrogens with one attached hydrogen (secondary N) is 1. The predicted molar refractivity (Wildman–Crippen MR) is 75.6 cm³/mol. The van der Waals surface area contributed by atoms with Gasteiger partial charge in [-0.1, -0.05) is 0 Å². The Morgan fingerprint density at radius 2 is 2.05 bits per heavy atom. The van der Waals surface area contributed by atoms with E-state index in [1.807, 2.05) is 0 Å². The Labute approximate surface area is 121 Å². The minimum atomic E-state index is -1.17. The Morgan fingerprint density at radius 1 is 1.38 bits per heavy atom. The molecule has 1 aromatic rings. The highest BCUT2D eigenvalue weighted by Gasteiger charge is 2.25. The molecule has 0 unspecified atom stereocenters. The van der Waals surface area contributed by atoms with Crippen LogP contribution in [0.3, 0.4) is 0 Å². The molecule has 1 aliphatic heterocycles. The van der Waals surface area contributed by atoms with Gasteiger partial charge in [0.1, 0.15) is 0 Å². The van der Waals surface area contributed by atoms with Crippen LogP contribution in [0.2, 0.25) is 0 Å². The van der Waals surface area contributed by atoms with E-state index in [0.29, 0.717) is 13.1 Å². The van der Waals surface area contributed by atoms with E-state index in [0.717, 1.165) is 38.3 Å². The van der Waals surface area contributed by atoms with Gasteiger partial charge < -0.3 is 10.2 Å². The molecule has 0 saturated carbocycles. The fourth-order valence-corrected chi connectivity index (χ4v) is 2.38. The molecule has 1 aromatic carbocycles. The average molecular weight is 300 g/mol. The van der Waals surface area contributed by atoms with Gasteiger partial charge in [0, 0.05) is 52.4 Å². The zero-order chi connectivity index (χ0) is 15.4. The summed E-state index contributed by atoms with van der Waals surface area (Å²) in [7, 11) is 1.53. The molecule has 116 valence electrons. The second kappa shape index (κ2) is 6.77. The van der Waals surface area contributed by atoms with E-state index >= 15 is 0 Å². The smallest absolute Gasteiger partial charge is 0.295 e. The highest BCUT2D eigenvalue weighted by molar-refractivity contribution is 5.64. The topological polar surface area (TPSA) is 61.6 Å². The van der Waals surface area contributed by atoms with Gasteiger partial charge in [-0.15, -0.1) is 0 Å². The van der Waals surface area contributed by atoms with Crippen LogP contribution in [0.1, 0.15) is 0 Å². The molecule has 0 aliphatic carbocycles. The van der Waals surface area contributed by atoms with Crippen LogP contribution in [-0.4, -0.2) is 56.1 Å². The molecule has 2 rings (SSSR count). The van der Waals surface area contributed by atoms with Crippen LogP contribution in [0.25, 0.3) is 0 Å². The zero-order valence-corrected chi connectivity index (χ0v) is 11.8. The summed E-state index contributed by atoms with van der Waals surface area (Å²) in [6.45, 7) is 4.56. The van der Waals surface area contributed by atoms with Crippen molar-refractivity contribution in [2.24, 2.45) is 0 Å². The van der Waals surface area contributed by atoms with Crippen molar-refractivity contribution in [3.8, 4) is 0 Å². The van der Waals surface area contributed by atoms with Crippen LogP contribution in [0.4, 0.5) is 20.2 Å². The van der Waals surface area contributed by atoms with E-state index in [2.05, 4.69) is 10.2 Å². The molecule has 0 amide bonds. The second-order valence-corrected chi connectivity index (χ2v) is 5.00. The Kier molecular flexibility index (Phi) is 5.03. The van der Waals surface area contributed by atoms with Crippen molar-refractivity contribution in [2.75, 3.05) is 51.2 Å². The van der Waals surface area contributed by atoms with Gasteiger partial charge in [-0.2, -0.15) is 0 Å². The van der Waals surface area contributed by atoms with E-state index in [1.54, 1.807) is 0 Å². The van der Waals surface area contributed by atoms with E-state index in [4.69, 9.17) is 0 Å². The molecule has 0 bridgehead atoms. The monoisotopic (exact) mass is 300 g/mol. The molecule has 21 heavy (non-hydrogen) atoms. The average Bonchev–Trinajstić information content (AvgIpc) is 2.48. The largest absolute Gasteiger partial charge is 0.365 e. The number of nitro groups is 1. The summed E-state index contributed by atoms with van der Waals surface area (Å²) in [5.41, 5.74) is -0.716. The molecule has 1 N–H and O–H groups in total. The number of hydrogen-bond donors (Lipinski definition) is 1. The maximum Gasteiger partial charge on any atom is 0.295 e. The molecular formula is C13H18F2N4O2. The third-order valence-corrected chi connectivity index (χ3v) is 3.59. The minimum absolute atomic E-state index is 0.296. The molecule has 0 spiro atoms. The summed E-state index contributed by atoms with van der Waals surface area (Å²) < 4.78 is 27.2. The zero-order valence-electron chi connectivity index (χ0n) is 11.8. The third kappa shape index (κ3) is 3.64. The molecule has 0 atom stereocenters. The molecule has 0 aromatic heterocycles. The van der Waals surface area contributed by atoms with Crippen LogP contribution in [0, 0.1) is 21.7 Å². The maximum absolute atomic E-state index is 13.9. The molecule has 1 aliphatic rings. The number of nitro benzene ring substituents is 1. The summed E-state index contributed by atoms with van der Waals surface area (Å²) in [5.74, 6) is -2.25. The van der Waals surface area contributed by atoms with Crippen LogP contribution >= 0.6 is 0 Å². The van der Waals surface area contributed by atoms with E-state index in [1.165, 1.54) is 11.9 Å². The van der Waals surface area contributed by atoms with Gasteiger partial charge in [-0.25, -0.2) is 8.78 Å². The van der Waals surface area contributed by atoms with Crippen molar-refractivity contribution in [1.29, 1.82) is 0 Å². The summed E-state index contributed by atoms with van der Waals surface area (Å²) in [5, 5.41) is 14.2. The van der Waals surface area contributed by atoms with E-state index in [-0.39, 0.29) is 5.69 Å². The molecule has 0 radical (unpaired) electrons. The van der Waals surface area contributed by atoms with Crippen molar-refractivity contribution in [2.45, 2.75) is 0 Å². The number of halogens is 2. The Morgan fingerprint density at radius 3 is 2.67 bits per heavy atom. The van der Waals surface area contributed by atoms with Gasteiger partial charge in [0.15, 0.2) is 17.3 Å². The molecule has 1 saturated heterocycles. The van der Waals surface area contributed by atoms with Gasteiger partial charge in [0.05, 0.1) is 4.92 Å². The summed E-state index contributed by atoms with van der Waals surface area (Å²) >= 11 is 0. The first kappa shape index (κ1) is 15.6. The number of piperazine rings is 1. The van der Waals surface area contributed by atoms with Gasteiger partial charge >= 0.3 is 0 Å². The summed E-state index contributed by atoms with van der Waals surface area (Å²) in [6.07, 6.45) is 0. The van der Waals surface area contributed by atoms with Crippen molar-refractivity contribution in [1.82, 2.24) is 10.2 Å². The van der Waals surface area contributed by atoms with E-state index in [9.17, 15) is 18.9 Å². The lowest BCUT2D eigenvalue weighted by atomic mass is 10.2. The van der Waals surface area contributed by atoms with E-state index < -0.39 is 22.2 Å². The van der Waals surface area contributed by atoms with Gasteiger partial charge in [-0.05, 0) is 6.07 Å². The number of benzene rings is 1. The lowest BCUT2D eigenvalue weighted by molar-refractivity contribution is -0.384. The minimum Gasteiger partial charge on any atom is -0.365 e. The van der Waals surface area contributed by atoms with Crippen molar-refractivity contribution in [3.05, 3.63) is 33.9 Å². The number of rotatable bonds is 5. The standard InChI is InChI=1S/C13H18F2N4O2/c1-17(8-9-18-6-4-16-5-7-18)13-11(19(20)21)3-2-10(14)12(13)15/h2-3,16H,4-9H2,1H3. The Hall–Kier alpha value is -1.80. The second-order valence-electron chi connectivity index (χ2n) is 5.00. The first-order valence-electron chi connectivity index (χ1n) is 6.77. The van der Waals surface area contributed by atoms with Crippen LogP contribution in [-0.2, 0) is 0 Å². The van der Waals surface area contributed by atoms with Crippen molar-refractivity contribution in [3.63, 3.8) is 0 Å². The van der Waals surface area contributed by atoms with Gasteiger partial charge in [0.25, 0.3) is 5.69 Å². The van der Waals surface area contributed by atoms with Gasteiger partial charge in [0.2, 0.25) is 0 Å². The molecule has 6 nitrogen and oxygen atoms in total. The first-order chi connectivity index (χ1) is 10.0. The van der Waals surface area contributed by atoms with Crippen molar-refractivity contribution >= 4 is 11.4 Å². The van der Waals surface area contributed by atoms with Crippen molar-refractivity contribution < 1.29 is 13.7 Å². The first-order valence-corrected chi connectivity index (χ1v) is 6.77. The maximum atomic E-state index is 13.9. The van der Waals surface area contributed by atoms with Gasteiger partial charge in [-0.3, -0.25) is 15.0 Å².